The first kappa shape index (κ1) is 19.7. The Bertz CT molecular complexity index is 995. The second-order valence-corrected chi connectivity index (χ2v) is 7.01. The number of methoxy groups -OCH3 is 1. The second-order valence-electron chi connectivity index (χ2n) is 7.01. The largest absolute Gasteiger partial charge is 0.497 e. The topological polar surface area (TPSA) is 88.4 Å². The molecule has 0 atom stereocenters. The molecule has 0 bridgehead atoms. The van der Waals surface area contributed by atoms with Gasteiger partial charge in [-0.2, -0.15) is 4.68 Å². The molecule has 0 radical (unpaired) electrons. The number of nitrogens with one attached hydrogen (secondary N) is 1. The lowest BCUT2D eigenvalue weighted by molar-refractivity contribution is 0.208. The van der Waals surface area contributed by atoms with E-state index in [9.17, 15) is 4.79 Å². The van der Waals surface area contributed by atoms with E-state index < -0.39 is 0 Å². The molecular weight excluding hydrogens is 382 g/mol. The number of amides is 2. The smallest absolute Gasteiger partial charge is 0.321 e. The predicted octanol–water partition coefficient (Wildman–Crippen LogP) is 2.59. The summed E-state index contributed by atoms with van der Waals surface area (Å²) in [5, 5.41) is 15.3. The normalized spacial score (nSPS) is 13.9. The molecule has 2 aromatic carbocycles. The highest BCUT2D eigenvalue weighted by Crippen LogP contribution is 2.21. The minimum atomic E-state index is -0.115. The van der Waals surface area contributed by atoms with Gasteiger partial charge < -0.3 is 19.9 Å². The summed E-state index contributed by atoms with van der Waals surface area (Å²) in [4.78, 5) is 16.5. The van der Waals surface area contributed by atoms with Crippen LogP contribution in [0.25, 0.3) is 5.69 Å². The van der Waals surface area contributed by atoms with Gasteiger partial charge in [0, 0.05) is 31.9 Å². The third kappa shape index (κ3) is 4.05. The molecule has 1 aromatic heterocycles. The number of hydrogen-bond donors (Lipinski definition) is 1. The molecular formula is C21H25N7O2. The molecule has 30 heavy (non-hydrogen) atoms. The fourth-order valence-electron chi connectivity index (χ4n) is 3.54. The average molecular weight is 407 g/mol. The summed E-state index contributed by atoms with van der Waals surface area (Å²) in [5.74, 6) is 1.45. The van der Waals surface area contributed by atoms with Gasteiger partial charge in [-0.15, -0.1) is 0 Å². The van der Waals surface area contributed by atoms with E-state index in [1.165, 1.54) is 5.56 Å². The van der Waals surface area contributed by atoms with Gasteiger partial charge in [-0.25, -0.2) is 4.79 Å². The molecule has 0 aliphatic carbocycles. The van der Waals surface area contributed by atoms with Crippen molar-refractivity contribution in [3.05, 3.63) is 54.1 Å². The van der Waals surface area contributed by atoms with Crippen molar-refractivity contribution >= 4 is 17.7 Å². The van der Waals surface area contributed by atoms with Gasteiger partial charge in [0.05, 0.1) is 12.8 Å². The Morgan fingerprint density at radius 2 is 1.80 bits per heavy atom. The standard InChI is InChI=1S/C21H25N7O2/c1-3-16-6-4-5-7-19(16)28-20(23-24-25-28)26-12-14-27(15-13-26)21(29)22-17-8-10-18(30-2)11-9-17/h4-11H,3,12-15H2,1-2H3,(H,22,29). The quantitative estimate of drug-likeness (QED) is 0.699. The van der Waals surface area contributed by atoms with Gasteiger partial charge in [0.25, 0.3) is 5.95 Å². The van der Waals surface area contributed by atoms with Crippen LogP contribution in [0.2, 0.25) is 0 Å². The Morgan fingerprint density at radius 3 is 2.50 bits per heavy atom. The van der Waals surface area contributed by atoms with Crippen LogP contribution in [-0.2, 0) is 6.42 Å². The third-order valence-electron chi connectivity index (χ3n) is 5.24. The van der Waals surface area contributed by atoms with Gasteiger partial charge in [-0.3, -0.25) is 0 Å². The zero-order valence-corrected chi connectivity index (χ0v) is 17.2. The number of hydrogen-bond acceptors (Lipinski definition) is 6. The maximum absolute atomic E-state index is 12.6. The highest BCUT2D eigenvalue weighted by atomic mass is 16.5. The molecule has 0 unspecified atom stereocenters. The van der Waals surface area contributed by atoms with E-state index >= 15 is 0 Å². The van der Waals surface area contributed by atoms with Crippen LogP contribution in [0.3, 0.4) is 0 Å². The van der Waals surface area contributed by atoms with E-state index in [-0.39, 0.29) is 6.03 Å². The first-order chi connectivity index (χ1) is 14.7. The number of rotatable bonds is 5. The summed E-state index contributed by atoms with van der Waals surface area (Å²) >= 11 is 0. The minimum absolute atomic E-state index is 0.115. The van der Waals surface area contributed by atoms with Crippen LogP contribution in [-0.4, -0.2) is 64.4 Å². The third-order valence-corrected chi connectivity index (χ3v) is 5.24. The predicted molar refractivity (Wildman–Crippen MR) is 114 cm³/mol. The summed E-state index contributed by atoms with van der Waals surface area (Å²) in [7, 11) is 1.62. The monoisotopic (exact) mass is 407 g/mol. The van der Waals surface area contributed by atoms with E-state index in [1.807, 2.05) is 42.5 Å². The van der Waals surface area contributed by atoms with E-state index in [0.29, 0.717) is 32.1 Å². The SMILES string of the molecule is CCc1ccccc1-n1nnnc1N1CCN(C(=O)Nc2ccc(OC)cc2)CC1. The summed E-state index contributed by atoms with van der Waals surface area (Å²) in [6.45, 7) is 4.60. The lowest BCUT2D eigenvalue weighted by Gasteiger charge is -2.34. The van der Waals surface area contributed by atoms with Crippen molar-refractivity contribution in [2.75, 3.05) is 43.5 Å². The van der Waals surface area contributed by atoms with Crippen LogP contribution in [0.15, 0.2) is 48.5 Å². The number of nitrogens with zero attached hydrogens (tertiary/aromatic N) is 6. The second kappa shape index (κ2) is 8.81. The van der Waals surface area contributed by atoms with Gasteiger partial charge >= 0.3 is 6.03 Å². The lowest BCUT2D eigenvalue weighted by atomic mass is 10.1. The molecule has 0 spiro atoms. The van der Waals surface area contributed by atoms with Crippen molar-refractivity contribution in [2.45, 2.75) is 13.3 Å². The number of carbonyl (C=O) groups excluding carboxylic acids is 1. The molecule has 0 saturated carbocycles. The van der Waals surface area contributed by atoms with Crippen molar-refractivity contribution in [3.63, 3.8) is 0 Å². The number of carbonyl (C=O) groups is 1. The van der Waals surface area contributed by atoms with Crippen molar-refractivity contribution < 1.29 is 9.53 Å². The maximum atomic E-state index is 12.6. The summed E-state index contributed by atoms with van der Waals surface area (Å²) < 4.78 is 6.93. The lowest BCUT2D eigenvalue weighted by Crippen LogP contribution is -2.50. The Labute approximate surface area is 175 Å². The fraction of sp³-hybridized carbons (Fsp3) is 0.333. The van der Waals surface area contributed by atoms with E-state index in [0.717, 1.165) is 23.5 Å². The van der Waals surface area contributed by atoms with Gasteiger partial charge in [0.15, 0.2) is 0 Å². The number of ether oxygens (including phenoxy) is 1. The van der Waals surface area contributed by atoms with E-state index in [2.05, 4.69) is 38.7 Å². The summed E-state index contributed by atoms with van der Waals surface area (Å²) in [6.07, 6.45) is 0.898. The number of anilines is 2. The molecule has 1 aliphatic heterocycles. The Morgan fingerprint density at radius 1 is 1.07 bits per heavy atom. The number of aryl methyl sites for hydroxylation is 1. The van der Waals surface area contributed by atoms with E-state index in [4.69, 9.17) is 4.74 Å². The van der Waals surface area contributed by atoms with Crippen LogP contribution in [0, 0.1) is 0 Å². The number of tetrazole rings is 1. The summed E-state index contributed by atoms with van der Waals surface area (Å²) in [5.41, 5.74) is 2.91. The van der Waals surface area contributed by atoms with Crippen molar-refractivity contribution in [3.8, 4) is 11.4 Å². The van der Waals surface area contributed by atoms with Gasteiger partial charge in [0.2, 0.25) is 0 Å². The van der Waals surface area contributed by atoms with E-state index in [1.54, 1.807) is 16.7 Å². The number of para-hydroxylation sites is 1. The maximum Gasteiger partial charge on any atom is 0.321 e. The highest BCUT2D eigenvalue weighted by molar-refractivity contribution is 5.89. The first-order valence-corrected chi connectivity index (χ1v) is 10.0. The first-order valence-electron chi connectivity index (χ1n) is 10.0. The molecule has 9 heteroatoms. The Kier molecular flexibility index (Phi) is 5.78. The van der Waals surface area contributed by atoms with Crippen molar-refractivity contribution in [1.29, 1.82) is 0 Å². The molecule has 1 fully saturated rings. The van der Waals surface area contributed by atoms with Crippen LogP contribution in [0.1, 0.15) is 12.5 Å². The highest BCUT2D eigenvalue weighted by Gasteiger charge is 2.25. The number of urea groups is 1. The molecule has 2 heterocycles. The number of aromatic nitrogens is 4. The molecule has 156 valence electrons. The minimum Gasteiger partial charge on any atom is -0.497 e. The molecule has 1 saturated heterocycles. The van der Waals surface area contributed by atoms with Crippen LogP contribution >= 0.6 is 0 Å². The van der Waals surface area contributed by atoms with Crippen LogP contribution in [0.5, 0.6) is 5.75 Å². The molecule has 2 amide bonds. The molecule has 4 rings (SSSR count). The molecule has 9 nitrogen and oxygen atoms in total. The molecule has 1 N–H and O–H groups in total. The van der Waals surface area contributed by atoms with Crippen LogP contribution in [0.4, 0.5) is 16.4 Å². The van der Waals surface area contributed by atoms with Crippen LogP contribution < -0.4 is 15.0 Å². The molecule has 1 aliphatic rings. The zero-order chi connectivity index (χ0) is 20.9. The Balaban J connectivity index is 1.40. The summed E-state index contributed by atoms with van der Waals surface area (Å²) in [6, 6.07) is 15.3. The number of benzene rings is 2. The van der Waals surface area contributed by atoms with Gasteiger partial charge in [-0.1, -0.05) is 30.2 Å². The van der Waals surface area contributed by atoms with Gasteiger partial charge in [0.1, 0.15) is 5.75 Å². The van der Waals surface area contributed by atoms with Crippen molar-refractivity contribution in [2.24, 2.45) is 0 Å². The number of piperazine rings is 1. The molecule has 3 aromatic rings. The zero-order valence-electron chi connectivity index (χ0n) is 17.2. The Hall–Kier alpha value is -3.62. The van der Waals surface area contributed by atoms with Crippen molar-refractivity contribution in [1.82, 2.24) is 25.1 Å². The van der Waals surface area contributed by atoms with Gasteiger partial charge in [-0.05, 0) is 52.7 Å². The average Bonchev–Trinajstić information content (AvgIpc) is 3.29. The fourth-order valence-corrected chi connectivity index (χ4v) is 3.54.